The molecule has 96 valence electrons. The third-order valence-electron chi connectivity index (χ3n) is 3.15. The quantitative estimate of drug-likeness (QED) is 0.705. The van der Waals surface area contributed by atoms with Crippen molar-refractivity contribution in [3.63, 3.8) is 0 Å². The van der Waals surface area contributed by atoms with E-state index in [4.69, 9.17) is 4.74 Å². The topological polar surface area (TPSA) is 37.9 Å². The summed E-state index contributed by atoms with van der Waals surface area (Å²) in [5.41, 5.74) is 2.37. The molecule has 3 heteroatoms. The molecule has 0 fully saturated rings. The fourth-order valence-corrected chi connectivity index (χ4v) is 2.17. The SMILES string of the molecule is c1ccc(CCCOc2cccc3[nH]ncc23)cc1. The molecule has 0 aliphatic heterocycles. The van der Waals surface area contributed by atoms with Crippen molar-refractivity contribution in [2.75, 3.05) is 6.61 Å². The van der Waals surface area contributed by atoms with Crippen molar-refractivity contribution in [1.82, 2.24) is 10.2 Å². The van der Waals surface area contributed by atoms with Crippen LogP contribution in [0.4, 0.5) is 0 Å². The van der Waals surface area contributed by atoms with Gasteiger partial charge in [-0.2, -0.15) is 5.10 Å². The van der Waals surface area contributed by atoms with Crippen LogP contribution in [0.25, 0.3) is 10.9 Å². The molecular weight excluding hydrogens is 236 g/mol. The minimum absolute atomic E-state index is 0.721. The van der Waals surface area contributed by atoms with Crippen LogP contribution in [-0.2, 0) is 6.42 Å². The summed E-state index contributed by atoms with van der Waals surface area (Å²) in [6, 6.07) is 16.4. The molecule has 0 unspecified atom stereocenters. The Morgan fingerprint density at radius 1 is 1.00 bits per heavy atom. The fraction of sp³-hybridized carbons (Fsp3) is 0.188. The molecule has 0 saturated carbocycles. The lowest BCUT2D eigenvalue weighted by Crippen LogP contribution is -1.99. The number of nitrogens with one attached hydrogen (secondary N) is 1. The van der Waals surface area contributed by atoms with Crippen LogP contribution in [-0.4, -0.2) is 16.8 Å². The smallest absolute Gasteiger partial charge is 0.130 e. The number of H-pyrrole nitrogens is 1. The second-order valence-electron chi connectivity index (χ2n) is 4.53. The molecule has 1 aromatic heterocycles. The molecule has 3 nitrogen and oxygen atoms in total. The first-order chi connectivity index (χ1) is 9.43. The predicted octanol–water partition coefficient (Wildman–Crippen LogP) is 3.57. The van der Waals surface area contributed by atoms with Crippen molar-refractivity contribution in [3.05, 3.63) is 60.3 Å². The number of hydrogen-bond donors (Lipinski definition) is 1. The van der Waals surface area contributed by atoms with Gasteiger partial charge in [-0.25, -0.2) is 0 Å². The summed E-state index contributed by atoms with van der Waals surface area (Å²) in [6.07, 6.45) is 3.86. The number of fused-ring (bicyclic) bond motifs is 1. The van der Waals surface area contributed by atoms with Crippen molar-refractivity contribution < 1.29 is 4.74 Å². The zero-order valence-electron chi connectivity index (χ0n) is 10.7. The first-order valence-corrected chi connectivity index (χ1v) is 6.52. The van der Waals surface area contributed by atoms with E-state index in [-0.39, 0.29) is 0 Å². The Balaban J connectivity index is 1.57. The summed E-state index contributed by atoms with van der Waals surface area (Å²) < 4.78 is 5.84. The first-order valence-electron chi connectivity index (χ1n) is 6.52. The Kier molecular flexibility index (Phi) is 3.45. The zero-order chi connectivity index (χ0) is 12.9. The van der Waals surface area contributed by atoms with Gasteiger partial charge in [0.15, 0.2) is 0 Å². The van der Waals surface area contributed by atoms with Gasteiger partial charge in [-0.1, -0.05) is 36.4 Å². The fourth-order valence-electron chi connectivity index (χ4n) is 2.17. The lowest BCUT2D eigenvalue weighted by molar-refractivity contribution is 0.314. The molecule has 0 saturated heterocycles. The normalized spacial score (nSPS) is 10.7. The average Bonchev–Trinajstić information content (AvgIpc) is 2.94. The number of aryl methyl sites for hydroxylation is 1. The van der Waals surface area contributed by atoms with Crippen molar-refractivity contribution in [2.24, 2.45) is 0 Å². The molecule has 0 spiro atoms. The third kappa shape index (κ3) is 2.76. The lowest BCUT2D eigenvalue weighted by atomic mass is 10.1. The molecule has 19 heavy (non-hydrogen) atoms. The van der Waals surface area contributed by atoms with Gasteiger partial charge in [-0.15, -0.1) is 0 Å². The molecule has 0 atom stereocenters. The van der Waals surface area contributed by atoms with E-state index in [1.54, 1.807) is 0 Å². The number of aromatic nitrogens is 2. The molecule has 0 bridgehead atoms. The molecule has 3 aromatic rings. The highest BCUT2D eigenvalue weighted by Crippen LogP contribution is 2.23. The summed E-state index contributed by atoms with van der Waals surface area (Å²) in [5, 5.41) is 8.02. The van der Waals surface area contributed by atoms with Gasteiger partial charge in [-0.05, 0) is 30.5 Å². The number of nitrogens with zero attached hydrogens (tertiary/aromatic N) is 1. The van der Waals surface area contributed by atoms with Gasteiger partial charge in [0.2, 0.25) is 0 Å². The molecule has 3 rings (SSSR count). The Morgan fingerprint density at radius 3 is 2.79 bits per heavy atom. The summed E-state index contributed by atoms with van der Waals surface area (Å²) in [7, 11) is 0. The van der Waals surface area contributed by atoms with Crippen LogP contribution in [0.1, 0.15) is 12.0 Å². The minimum Gasteiger partial charge on any atom is -0.493 e. The van der Waals surface area contributed by atoms with E-state index < -0.39 is 0 Å². The van der Waals surface area contributed by atoms with E-state index in [0.717, 1.165) is 36.1 Å². The highest BCUT2D eigenvalue weighted by molar-refractivity contribution is 5.84. The van der Waals surface area contributed by atoms with Gasteiger partial charge < -0.3 is 4.74 Å². The van der Waals surface area contributed by atoms with Crippen LogP contribution in [0.3, 0.4) is 0 Å². The lowest BCUT2D eigenvalue weighted by Gasteiger charge is -2.07. The van der Waals surface area contributed by atoms with Crippen molar-refractivity contribution in [3.8, 4) is 5.75 Å². The van der Waals surface area contributed by atoms with E-state index in [0.29, 0.717) is 0 Å². The van der Waals surface area contributed by atoms with Gasteiger partial charge in [0.05, 0.1) is 23.7 Å². The number of benzene rings is 2. The van der Waals surface area contributed by atoms with Crippen molar-refractivity contribution >= 4 is 10.9 Å². The van der Waals surface area contributed by atoms with Crippen LogP contribution in [0.2, 0.25) is 0 Å². The predicted molar refractivity (Wildman–Crippen MR) is 76.4 cm³/mol. The largest absolute Gasteiger partial charge is 0.493 e. The summed E-state index contributed by atoms with van der Waals surface area (Å²) in [6.45, 7) is 0.721. The first kappa shape index (κ1) is 11.8. The van der Waals surface area contributed by atoms with E-state index in [1.807, 2.05) is 30.5 Å². The summed E-state index contributed by atoms with van der Waals surface area (Å²) >= 11 is 0. The third-order valence-corrected chi connectivity index (χ3v) is 3.15. The van der Waals surface area contributed by atoms with Crippen molar-refractivity contribution in [2.45, 2.75) is 12.8 Å². The number of rotatable bonds is 5. The maximum absolute atomic E-state index is 5.84. The Hall–Kier alpha value is -2.29. The van der Waals surface area contributed by atoms with Gasteiger partial charge in [0.25, 0.3) is 0 Å². The number of ether oxygens (including phenoxy) is 1. The number of aromatic amines is 1. The highest BCUT2D eigenvalue weighted by Gasteiger charge is 2.03. The maximum Gasteiger partial charge on any atom is 0.130 e. The molecule has 2 aromatic carbocycles. The minimum atomic E-state index is 0.721. The van der Waals surface area contributed by atoms with E-state index in [1.165, 1.54) is 5.56 Å². The van der Waals surface area contributed by atoms with E-state index in [2.05, 4.69) is 34.5 Å². The average molecular weight is 252 g/mol. The molecular formula is C16H16N2O. The maximum atomic E-state index is 5.84. The van der Waals surface area contributed by atoms with Gasteiger partial charge >= 0.3 is 0 Å². The summed E-state index contributed by atoms with van der Waals surface area (Å²) in [5.74, 6) is 0.902. The highest BCUT2D eigenvalue weighted by atomic mass is 16.5. The zero-order valence-corrected chi connectivity index (χ0v) is 10.7. The van der Waals surface area contributed by atoms with Crippen LogP contribution in [0.15, 0.2) is 54.7 Å². The van der Waals surface area contributed by atoms with Crippen molar-refractivity contribution in [1.29, 1.82) is 0 Å². The van der Waals surface area contributed by atoms with Gasteiger partial charge in [0, 0.05) is 0 Å². The molecule has 1 heterocycles. The summed E-state index contributed by atoms with van der Waals surface area (Å²) in [4.78, 5) is 0. The Morgan fingerprint density at radius 2 is 1.89 bits per heavy atom. The Labute approximate surface area is 112 Å². The van der Waals surface area contributed by atoms with Crippen LogP contribution >= 0.6 is 0 Å². The monoisotopic (exact) mass is 252 g/mol. The standard InChI is InChI=1S/C16H16N2O/c1-2-6-13(7-3-1)8-5-11-19-16-10-4-9-15-14(16)12-17-18-15/h1-4,6-7,9-10,12H,5,8,11H2,(H,17,18). The Bertz CT molecular complexity index is 646. The molecule has 0 aliphatic carbocycles. The molecule has 1 N–H and O–H groups in total. The van der Waals surface area contributed by atoms with Crippen LogP contribution < -0.4 is 4.74 Å². The van der Waals surface area contributed by atoms with Crippen LogP contribution in [0.5, 0.6) is 5.75 Å². The second-order valence-corrected chi connectivity index (χ2v) is 4.53. The molecule has 0 radical (unpaired) electrons. The van der Waals surface area contributed by atoms with Gasteiger partial charge in [0.1, 0.15) is 5.75 Å². The molecule has 0 amide bonds. The molecule has 0 aliphatic rings. The number of hydrogen-bond acceptors (Lipinski definition) is 2. The van der Waals surface area contributed by atoms with E-state index >= 15 is 0 Å². The van der Waals surface area contributed by atoms with Crippen LogP contribution in [0, 0.1) is 0 Å². The van der Waals surface area contributed by atoms with E-state index in [9.17, 15) is 0 Å². The van der Waals surface area contributed by atoms with Gasteiger partial charge in [-0.3, -0.25) is 5.10 Å². The second kappa shape index (κ2) is 5.57.